The number of likely N-dealkylation sites (tertiary alicyclic amines) is 1. The van der Waals surface area contributed by atoms with Gasteiger partial charge in [0.05, 0.1) is 23.1 Å². The highest BCUT2D eigenvalue weighted by atomic mass is 35.5. The van der Waals surface area contributed by atoms with Crippen molar-refractivity contribution in [3.63, 3.8) is 0 Å². The highest BCUT2D eigenvalue weighted by Crippen LogP contribution is 2.30. The van der Waals surface area contributed by atoms with E-state index in [0.29, 0.717) is 23.7 Å². The zero-order chi connectivity index (χ0) is 16.6. The monoisotopic (exact) mass is 332 g/mol. The Balaban J connectivity index is 1.86. The predicted molar refractivity (Wildman–Crippen MR) is 91.0 cm³/mol. The molecule has 2 N–H and O–H groups in total. The van der Waals surface area contributed by atoms with Gasteiger partial charge in [0.25, 0.3) is 5.91 Å². The summed E-state index contributed by atoms with van der Waals surface area (Å²) in [6.07, 6.45) is 2.58. The van der Waals surface area contributed by atoms with Crippen LogP contribution < -0.4 is 5.73 Å². The molecule has 2 aromatic rings. The third-order valence-electron chi connectivity index (χ3n) is 4.63. The molecule has 1 fully saturated rings. The fraction of sp³-hybridized carbons (Fsp3) is 0.412. The van der Waals surface area contributed by atoms with Crippen LogP contribution in [0.25, 0.3) is 5.69 Å². The molecule has 0 aliphatic carbocycles. The molecule has 1 aromatic heterocycles. The molecule has 1 aliphatic heterocycles. The summed E-state index contributed by atoms with van der Waals surface area (Å²) in [4.78, 5) is 14.7. The number of carbonyl (C=O) groups is 1. The van der Waals surface area contributed by atoms with Crippen LogP contribution in [0.5, 0.6) is 0 Å². The molecule has 1 aliphatic rings. The van der Waals surface area contributed by atoms with E-state index in [4.69, 9.17) is 17.3 Å². The van der Waals surface area contributed by atoms with Crippen molar-refractivity contribution in [2.24, 2.45) is 11.1 Å². The van der Waals surface area contributed by atoms with E-state index in [1.807, 2.05) is 36.1 Å². The van der Waals surface area contributed by atoms with E-state index in [0.717, 1.165) is 24.3 Å². The molecule has 1 saturated heterocycles. The summed E-state index contributed by atoms with van der Waals surface area (Å²) >= 11 is 6.04. The first kappa shape index (κ1) is 16.0. The topological polar surface area (TPSA) is 64.2 Å². The largest absolute Gasteiger partial charge is 0.338 e. The zero-order valence-corrected chi connectivity index (χ0v) is 14.2. The van der Waals surface area contributed by atoms with Gasteiger partial charge in [-0.1, -0.05) is 24.6 Å². The van der Waals surface area contributed by atoms with Crippen molar-refractivity contribution >= 4 is 17.5 Å². The normalized spacial score (nSPS) is 21.0. The van der Waals surface area contributed by atoms with E-state index in [2.05, 4.69) is 12.0 Å². The Bertz CT molecular complexity index is 742. The Kier molecular flexibility index (Phi) is 4.17. The molecule has 6 heteroatoms. The summed E-state index contributed by atoms with van der Waals surface area (Å²) in [5, 5.41) is 5.00. The summed E-state index contributed by atoms with van der Waals surface area (Å²) < 4.78 is 1.75. The van der Waals surface area contributed by atoms with Gasteiger partial charge in [0, 0.05) is 18.1 Å². The van der Waals surface area contributed by atoms with Crippen molar-refractivity contribution in [1.82, 2.24) is 14.7 Å². The number of halogens is 1. The van der Waals surface area contributed by atoms with Gasteiger partial charge >= 0.3 is 0 Å². The van der Waals surface area contributed by atoms with Crippen LogP contribution >= 0.6 is 11.6 Å². The second-order valence-electron chi connectivity index (χ2n) is 6.53. The molecule has 0 saturated carbocycles. The summed E-state index contributed by atoms with van der Waals surface area (Å²) in [5.41, 5.74) is 8.14. The lowest BCUT2D eigenvalue weighted by Crippen LogP contribution is -2.34. The average molecular weight is 333 g/mol. The summed E-state index contributed by atoms with van der Waals surface area (Å²) in [6.45, 7) is 6.07. The molecule has 1 aromatic carbocycles. The second kappa shape index (κ2) is 5.98. The maximum atomic E-state index is 12.8. The molecule has 122 valence electrons. The molecule has 3 rings (SSSR count). The lowest BCUT2D eigenvalue weighted by Gasteiger charge is -2.22. The molecule has 23 heavy (non-hydrogen) atoms. The Morgan fingerprint density at radius 2 is 2.26 bits per heavy atom. The van der Waals surface area contributed by atoms with Crippen LogP contribution in [0.4, 0.5) is 0 Å². The van der Waals surface area contributed by atoms with E-state index in [9.17, 15) is 4.79 Å². The summed E-state index contributed by atoms with van der Waals surface area (Å²) in [5.74, 6) is 0.0213. The fourth-order valence-corrected chi connectivity index (χ4v) is 3.21. The summed E-state index contributed by atoms with van der Waals surface area (Å²) in [6, 6.07) is 7.43. The minimum atomic E-state index is 0.0204. The van der Waals surface area contributed by atoms with E-state index in [1.54, 1.807) is 10.9 Å². The van der Waals surface area contributed by atoms with Crippen LogP contribution in [0.15, 0.2) is 30.5 Å². The Labute approximate surface area is 141 Å². The Hall–Kier alpha value is -1.85. The number of rotatable bonds is 3. The smallest absolute Gasteiger partial charge is 0.257 e. The molecule has 0 spiro atoms. The second-order valence-corrected chi connectivity index (χ2v) is 6.96. The minimum Gasteiger partial charge on any atom is -0.338 e. The molecule has 5 nitrogen and oxygen atoms in total. The minimum absolute atomic E-state index is 0.0204. The van der Waals surface area contributed by atoms with Crippen molar-refractivity contribution in [3.8, 4) is 5.69 Å². The van der Waals surface area contributed by atoms with Crippen LogP contribution in [0.1, 0.15) is 29.4 Å². The number of carbonyl (C=O) groups excluding carboxylic acids is 1. The first-order valence-corrected chi connectivity index (χ1v) is 8.11. The van der Waals surface area contributed by atoms with Gasteiger partial charge in [-0.25, -0.2) is 4.68 Å². The van der Waals surface area contributed by atoms with Crippen LogP contribution in [0, 0.1) is 12.3 Å². The maximum absolute atomic E-state index is 12.8. The highest BCUT2D eigenvalue weighted by molar-refractivity contribution is 6.30. The third kappa shape index (κ3) is 2.99. The quantitative estimate of drug-likeness (QED) is 0.939. The lowest BCUT2D eigenvalue weighted by molar-refractivity contribution is 0.0776. The van der Waals surface area contributed by atoms with Gasteiger partial charge in [0.15, 0.2) is 0 Å². The lowest BCUT2D eigenvalue weighted by atomic mass is 9.90. The number of amides is 1. The molecule has 1 unspecified atom stereocenters. The predicted octanol–water partition coefficient (Wildman–Crippen LogP) is 2.65. The van der Waals surface area contributed by atoms with E-state index in [-0.39, 0.29) is 11.3 Å². The van der Waals surface area contributed by atoms with Crippen molar-refractivity contribution < 1.29 is 4.79 Å². The number of hydrogen-bond donors (Lipinski definition) is 1. The van der Waals surface area contributed by atoms with E-state index in [1.165, 1.54) is 0 Å². The van der Waals surface area contributed by atoms with Crippen LogP contribution in [-0.4, -0.2) is 40.2 Å². The Morgan fingerprint density at radius 3 is 2.91 bits per heavy atom. The van der Waals surface area contributed by atoms with Crippen molar-refractivity contribution in [2.45, 2.75) is 20.3 Å². The molecular weight excluding hydrogens is 312 g/mol. The summed E-state index contributed by atoms with van der Waals surface area (Å²) in [7, 11) is 0. The van der Waals surface area contributed by atoms with E-state index < -0.39 is 0 Å². The molecule has 0 radical (unpaired) electrons. The van der Waals surface area contributed by atoms with Crippen LogP contribution in [0.2, 0.25) is 5.02 Å². The van der Waals surface area contributed by atoms with Gasteiger partial charge in [-0.2, -0.15) is 5.10 Å². The van der Waals surface area contributed by atoms with Gasteiger partial charge in [-0.05, 0) is 43.5 Å². The van der Waals surface area contributed by atoms with Crippen LogP contribution in [0.3, 0.4) is 0 Å². The van der Waals surface area contributed by atoms with Crippen molar-refractivity contribution in [1.29, 1.82) is 0 Å². The molecule has 2 heterocycles. The number of nitrogens with two attached hydrogens (primary N) is 1. The zero-order valence-electron chi connectivity index (χ0n) is 13.4. The van der Waals surface area contributed by atoms with Gasteiger partial charge in [-0.15, -0.1) is 0 Å². The van der Waals surface area contributed by atoms with Gasteiger partial charge in [0.2, 0.25) is 0 Å². The van der Waals surface area contributed by atoms with Crippen molar-refractivity contribution in [3.05, 3.63) is 46.7 Å². The SMILES string of the molecule is Cc1c(C(=O)N2CCC(C)(CN)C2)cnn1-c1cccc(Cl)c1. The van der Waals surface area contributed by atoms with Gasteiger partial charge < -0.3 is 10.6 Å². The fourth-order valence-electron chi connectivity index (χ4n) is 3.02. The van der Waals surface area contributed by atoms with Gasteiger partial charge in [0.1, 0.15) is 0 Å². The standard InChI is InChI=1S/C17H21ClN4O/c1-12-15(16(23)21-7-6-17(2,10-19)11-21)9-20-22(12)14-5-3-4-13(18)8-14/h3-5,8-9H,6-7,10-11,19H2,1-2H3. The average Bonchev–Trinajstić information content (AvgIpc) is 3.11. The molecule has 1 atom stereocenters. The number of aromatic nitrogens is 2. The maximum Gasteiger partial charge on any atom is 0.257 e. The number of benzene rings is 1. The number of nitrogens with zero attached hydrogens (tertiary/aromatic N) is 3. The highest BCUT2D eigenvalue weighted by Gasteiger charge is 2.36. The van der Waals surface area contributed by atoms with Gasteiger partial charge in [-0.3, -0.25) is 4.79 Å². The Morgan fingerprint density at radius 1 is 1.48 bits per heavy atom. The van der Waals surface area contributed by atoms with E-state index >= 15 is 0 Å². The molecule has 0 bridgehead atoms. The first-order chi connectivity index (χ1) is 10.9. The number of hydrogen-bond acceptors (Lipinski definition) is 3. The molecule has 1 amide bonds. The third-order valence-corrected chi connectivity index (χ3v) is 4.87. The van der Waals surface area contributed by atoms with Crippen molar-refractivity contribution in [2.75, 3.05) is 19.6 Å². The van der Waals surface area contributed by atoms with Crippen LogP contribution in [-0.2, 0) is 0 Å². The first-order valence-electron chi connectivity index (χ1n) is 7.73. The molecular formula is C17H21ClN4O.